The van der Waals surface area contributed by atoms with Gasteiger partial charge < -0.3 is 4.23 Å². The van der Waals surface area contributed by atoms with Gasteiger partial charge in [0.25, 0.3) is 0 Å². The second-order valence-corrected chi connectivity index (χ2v) is 17.3. The Labute approximate surface area is 200 Å². The fourth-order valence-corrected chi connectivity index (χ4v) is 21.4. The normalized spacial score (nSPS) is 17.1. The third kappa shape index (κ3) is 3.74. The Bertz CT molecular complexity index is 977. The number of nitrogens with zero attached hydrogens (tertiary/aromatic N) is 1. The molecule has 0 unspecified atom stereocenters. The molecule has 0 N–H and O–H groups in total. The maximum atomic E-state index is 4.24. The first kappa shape index (κ1) is 22.1. The van der Waals surface area contributed by atoms with Gasteiger partial charge in [0.05, 0.1) is 0 Å². The molecule has 0 bridgehead atoms. The summed E-state index contributed by atoms with van der Waals surface area (Å²) in [5, 5.41) is 6.17. The van der Waals surface area contributed by atoms with E-state index in [4.69, 9.17) is 0 Å². The third-order valence-corrected chi connectivity index (χ3v) is 19.6. The van der Waals surface area contributed by atoms with Gasteiger partial charge in [-0.2, -0.15) is 0 Å². The molecule has 33 heavy (non-hydrogen) atoms. The second kappa shape index (κ2) is 9.64. The van der Waals surface area contributed by atoms with E-state index in [0.717, 1.165) is 19.4 Å². The summed E-state index contributed by atoms with van der Waals surface area (Å²) in [6, 6.07) is 48.2. The lowest BCUT2D eigenvalue weighted by Gasteiger charge is -2.47. The molecule has 1 aliphatic heterocycles. The smallest absolute Gasteiger partial charge is 0.186 e. The third-order valence-electron chi connectivity index (χ3n) is 7.41. The molecule has 4 aromatic rings. The van der Waals surface area contributed by atoms with Crippen molar-refractivity contribution in [2.45, 2.75) is 24.9 Å². The van der Waals surface area contributed by atoms with Crippen LogP contribution in [0.4, 0.5) is 0 Å². The molecule has 0 atom stereocenters. The van der Waals surface area contributed by atoms with Crippen LogP contribution in [0.5, 0.6) is 0 Å². The molecule has 1 fully saturated rings. The first-order valence-electron chi connectivity index (χ1n) is 12.1. The molecule has 1 nitrogen and oxygen atoms in total. The highest BCUT2D eigenvalue weighted by Gasteiger charge is 2.60. The lowest BCUT2D eigenvalue weighted by Crippen LogP contribution is -2.78. The number of benzene rings is 4. The summed E-state index contributed by atoms with van der Waals surface area (Å²) >= 11 is 0. The van der Waals surface area contributed by atoms with E-state index in [1.54, 1.807) is 20.7 Å². The maximum Gasteiger partial charge on any atom is 0.186 e. The van der Waals surface area contributed by atoms with Crippen molar-refractivity contribution in [3.8, 4) is 0 Å². The molecule has 1 aliphatic rings. The van der Waals surface area contributed by atoms with Crippen molar-refractivity contribution in [1.82, 2.24) is 4.23 Å². The Hall–Kier alpha value is -2.73. The molecule has 1 heterocycles. The molecule has 4 aromatic carbocycles. The summed E-state index contributed by atoms with van der Waals surface area (Å²) in [6.07, 6.45) is 2.10. The van der Waals surface area contributed by atoms with Crippen LogP contribution < -0.4 is 20.7 Å². The predicted octanol–water partition coefficient (Wildman–Crippen LogP) is 4.44. The molecule has 0 saturated carbocycles. The first-order valence-corrected chi connectivity index (χ1v) is 16.4. The fraction of sp³-hybridized carbons (Fsp3) is 0.167. The Kier molecular flexibility index (Phi) is 6.45. The standard InChI is InChI=1S/C30H32NSi2/c1-2-3-24-31-32(27-16-8-4-9-17-27,28-18-10-5-11-19-28)25-26-33(31,29-20-12-6-13-21-29)30-22-14-7-15-23-30/h4-23H,1-3,24-26H2. The van der Waals surface area contributed by atoms with Crippen LogP contribution in [0.1, 0.15) is 12.8 Å². The first-order chi connectivity index (χ1) is 16.3. The van der Waals surface area contributed by atoms with Gasteiger partial charge >= 0.3 is 0 Å². The van der Waals surface area contributed by atoms with Crippen LogP contribution in [-0.4, -0.2) is 27.2 Å². The van der Waals surface area contributed by atoms with Gasteiger partial charge in [0.15, 0.2) is 16.5 Å². The number of rotatable bonds is 7. The van der Waals surface area contributed by atoms with Gasteiger partial charge in [-0.15, -0.1) is 0 Å². The highest BCUT2D eigenvalue weighted by molar-refractivity contribution is 7.17. The van der Waals surface area contributed by atoms with Crippen LogP contribution >= 0.6 is 0 Å². The van der Waals surface area contributed by atoms with Crippen LogP contribution in [0.2, 0.25) is 12.1 Å². The van der Waals surface area contributed by atoms with Crippen molar-refractivity contribution in [2.24, 2.45) is 0 Å². The lowest BCUT2D eigenvalue weighted by molar-refractivity contribution is 0.608. The monoisotopic (exact) mass is 462 g/mol. The van der Waals surface area contributed by atoms with E-state index in [2.05, 4.69) is 132 Å². The molecular weight excluding hydrogens is 431 g/mol. The molecule has 0 aromatic heterocycles. The summed E-state index contributed by atoms with van der Waals surface area (Å²) in [5.41, 5.74) is 0. The van der Waals surface area contributed by atoms with Crippen molar-refractivity contribution in [2.75, 3.05) is 6.54 Å². The van der Waals surface area contributed by atoms with Gasteiger partial charge in [0, 0.05) is 0 Å². The average molecular weight is 463 g/mol. The van der Waals surface area contributed by atoms with Crippen LogP contribution in [0.25, 0.3) is 0 Å². The van der Waals surface area contributed by atoms with E-state index in [0.29, 0.717) is 0 Å². The highest BCUT2D eigenvalue weighted by atomic mass is 28.4. The summed E-state index contributed by atoms with van der Waals surface area (Å²) in [4.78, 5) is 0. The van der Waals surface area contributed by atoms with Gasteiger partial charge in [-0.25, -0.2) is 0 Å². The van der Waals surface area contributed by atoms with E-state index in [1.807, 2.05) is 0 Å². The van der Waals surface area contributed by atoms with Crippen LogP contribution in [0.3, 0.4) is 0 Å². The lowest BCUT2D eigenvalue weighted by atomic mass is 10.3. The van der Waals surface area contributed by atoms with Crippen molar-refractivity contribution >= 4 is 37.2 Å². The molecule has 165 valence electrons. The molecule has 0 aliphatic carbocycles. The van der Waals surface area contributed by atoms with Crippen molar-refractivity contribution in [3.05, 3.63) is 128 Å². The number of unbranched alkanes of at least 4 members (excludes halogenated alkanes) is 1. The van der Waals surface area contributed by atoms with Crippen molar-refractivity contribution in [1.29, 1.82) is 0 Å². The maximum absolute atomic E-state index is 4.24. The van der Waals surface area contributed by atoms with E-state index in [-0.39, 0.29) is 0 Å². The quantitative estimate of drug-likeness (QED) is 0.367. The Morgan fingerprint density at radius 3 is 1.09 bits per heavy atom. The summed E-state index contributed by atoms with van der Waals surface area (Å²) in [5.74, 6) is 0. The predicted molar refractivity (Wildman–Crippen MR) is 147 cm³/mol. The fourth-order valence-electron chi connectivity index (χ4n) is 6.00. The molecule has 3 heteroatoms. The Morgan fingerprint density at radius 2 is 0.818 bits per heavy atom. The van der Waals surface area contributed by atoms with Gasteiger partial charge in [-0.3, -0.25) is 0 Å². The second-order valence-electron chi connectivity index (χ2n) is 9.04. The van der Waals surface area contributed by atoms with E-state index in [9.17, 15) is 0 Å². The minimum absolute atomic E-state index is 0.971. The zero-order valence-corrected chi connectivity index (χ0v) is 21.2. The Morgan fingerprint density at radius 1 is 0.515 bits per heavy atom. The molecule has 1 saturated heterocycles. The molecule has 5 rings (SSSR count). The van der Waals surface area contributed by atoms with Gasteiger partial charge in [-0.05, 0) is 45.8 Å². The van der Waals surface area contributed by atoms with Crippen molar-refractivity contribution in [3.63, 3.8) is 0 Å². The van der Waals surface area contributed by atoms with E-state index in [1.165, 1.54) is 12.1 Å². The van der Waals surface area contributed by atoms with Gasteiger partial charge in [-0.1, -0.05) is 135 Å². The van der Waals surface area contributed by atoms with Gasteiger partial charge in [0.1, 0.15) is 0 Å². The number of hydrogen-bond acceptors (Lipinski definition) is 1. The van der Waals surface area contributed by atoms with Crippen LogP contribution in [-0.2, 0) is 0 Å². The van der Waals surface area contributed by atoms with Gasteiger partial charge in [0.2, 0.25) is 0 Å². The molecule has 1 radical (unpaired) electrons. The number of hydrogen-bond donors (Lipinski definition) is 0. The SMILES string of the molecule is [CH2]CCCN1[Si](c2ccccc2)(c2ccccc2)CC[Si]1(c1ccccc1)c1ccccc1. The molecular formula is C30H32NSi2. The average Bonchev–Trinajstić information content (AvgIpc) is 3.26. The van der Waals surface area contributed by atoms with Crippen molar-refractivity contribution < 1.29 is 0 Å². The summed E-state index contributed by atoms with van der Waals surface area (Å²) in [6.45, 7) is 5.34. The zero-order valence-electron chi connectivity index (χ0n) is 19.2. The Balaban J connectivity index is 1.82. The minimum atomic E-state index is -2.18. The largest absolute Gasteiger partial charge is 0.331 e. The molecule has 0 spiro atoms. The van der Waals surface area contributed by atoms with E-state index >= 15 is 0 Å². The zero-order chi connectivity index (χ0) is 22.6. The minimum Gasteiger partial charge on any atom is -0.331 e. The van der Waals surface area contributed by atoms with Crippen LogP contribution in [0.15, 0.2) is 121 Å². The molecule has 0 amide bonds. The summed E-state index contributed by atoms with van der Waals surface area (Å²) in [7, 11) is -4.37. The topological polar surface area (TPSA) is 3.24 Å². The van der Waals surface area contributed by atoms with E-state index < -0.39 is 16.5 Å². The van der Waals surface area contributed by atoms with Crippen LogP contribution in [0, 0.1) is 6.92 Å². The highest BCUT2D eigenvalue weighted by Crippen LogP contribution is 2.37. The summed E-state index contributed by atoms with van der Waals surface area (Å²) < 4.78 is 3.08.